The highest BCUT2D eigenvalue weighted by Gasteiger charge is 2.14. The Balaban J connectivity index is 3.01. The maximum atomic E-state index is 5.56. The van der Waals surface area contributed by atoms with Gasteiger partial charge in [0, 0.05) is 19.5 Å². The molecule has 0 aliphatic carbocycles. The maximum absolute atomic E-state index is 5.56. The van der Waals surface area contributed by atoms with E-state index in [1.54, 1.807) is 18.0 Å². The fourth-order valence-corrected chi connectivity index (χ4v) is 1.26. The van der Waals surface area contributed by atoms with Gasteiger partial charge in [0.2, 0.25) is 0 Å². The second-order valence-electron chi connectivity index (χ2n) is 2.86. The number of methoxy groups -OCH3 is 1. The molecule has 12 heavy (non-hydrogen) atoms. The van der Waals surface area contributed by atoms with Gasteiger partial charge in [-0.1, -0.05) is 6.92 Å². The van der Waals surface area contributed by atoms with Gasteiger partial charge < -0.3 is 10.5 Å². The Morgan fingerprint density at radius 1 is 1.75 bits per heavy atom. The van der Waals surface area contributed by atoms with Gasteiger partial charge in [-0.05, 0) is 0 Å². The first kappa shape index (κ1) is 9.06. The number of aromatic nitrogens is 2. The van der Waals surface area contributed by atoms with Crippen molar-refractivity contribution in [2.24, 2.45) is 12.8 Å². The summed E-state index contributed by atoms with van der Waals surface area (Å²) in [6.45, 7) is 2.66. The Labute approximate surface area is 72.3 Å². The van der Waals surface area contributed by atoms with Crippen LogP contribution in [0.5, 0.6) is 5.75 Å². The third kappa shape index (κ3) is 1.43. The molecule has 1 heterocycles. The number of nitrogens with zero attached hydrogens (tertiary/aromatic N) is 2. The fraction of sp³-hybridized carbons (Fsp3) is 0.625. The summed E-state index contributed by atoms with van der Waals surface area (Å²) in [6.07, 6.45) is 1.71. The van der Waals surface area contributed by atoms with Crippen LogP contribution in [0.3, 0.4) is 0 Å². The van der Waals surface area contributed by atoms with E-state index in [1.807, 2.05) is 7.05 Å². The van der Waals surface area contributed by atoms with E-state index in [0.29, 0.717) is 6.54 Å². The topological polar surface area (TPSA) is 53.1 Å². The van der Waals surface area contributed by atoms with Crippen LogP contribution in [0.1, 0.15) is 18.5 Å². The average Bonchev–Trinajstić information content (AvgIpc) is 2.45. The monoisotopic (exact) mass is 169 g/mol. The molecule has 68 valence electrons. The molecule has 4 heteroatoms. The number of nitrogens with two attached hydrogens (primary N) is 1. The molecule has 1 aromatic rings. The first-order chi connectivity index (χ1) is 5.70. The number of aryl methyl sites for hydroxylation is 1. The van der Waals surface area contributed by atoms with Crippen molar-refractivity contribution in [3.8, 4) is 5.75 Å². The van der Waals surface area contributed by atoms with Crippen LogP contribution in [0.15, 0.2) is 6.20 Å². The minimum Gasteiger partial charge on any atom is -0.493 e. The van der Waals surface area contributed by atoms with E-state index < -0.39 is 0 Å². The Hall–Kier alpha value is -1.03. The average molecular weight is 169 g/mol. The molecule has 0 saturated carbocycles. The van der Waals surface area contributed by atoms with Gasteiger partial charge in [0.25, 0.3) is 0 Å². The van der Waals surface area contributed by atoms with Crippen LogP contribution in [-0.2, 0) is 7.05 Å². The van der Waals surface area contributed by atoms with E-state index in [-0.39, 0.29) is 5.92 Å². The van der Waals surface area contributed by atoms with Crippen LogP contribution in [0.25, 0.3) is 0 Å². The predicted octanol–water partition coefficient (Wildman–Crippen LogP) is 0.491. The quantitative estimate of drug-likeness (QED) is 0.716. The lowest BCUT2D eigenvalue weighted by atomic mass is 10.1. The molecular formula is C8H15N3O. The Bertz CT molecular complexity index is 257. The minimum atomic E-state index is 0.285. The summed E-state index contributed by atoms with van der Waals surface area (Å²) in [5, 5.41) is 4.09. The molecule has 0 fully saturated rings. The van der Waals surface area contributed by atoms with Crippen molar-refractivity contribution >= 4 is 0 Å². The third-order valence-corrected chi connectivity index (χ3v) is 1.99. The van der Waals surface area contributed by atoms with Gasteiger partial charge in [-0.25, -0.2) is 0 Å². The smallest absolute Gasteiger partial charge is 0.160 e. The van der Waals surface area contributed by atoms with Crippen molar-refractivity contribution in [3.63, 3.8) is 0 Å². The Kier molecular flexibility index (Phi) is 2.70. The molecule has 0 saturated heterocycles. The highest BCUT2D eigenvalue weighted by molar-refractivity contribution is 5.28. The minimum absolute atomic E-state index is 0.285. The molecule has 0 spiro atoms. The summed E-state index contributed by atoms with van der Waals surface area (Å²) in [4.78, 5) is 0. The molecule has 1 rings (SSSR count). The standard InChI is InChI=1S/C8H15N3O/c1-6(4-9)8-7(12-3)5-10-11(8)2/h5-6H,4,9H2,1-3H3. The van der Waals surface area contributed by atoms with Gasteiger partial charge >= 0.3 is 0 Å². The second kappa shape index (κ2) is 3.58. The van der Waals surface area contributed by atoms with Crippen LogP contribution in [0, 0.1) is 0 Å². The fourth-order valence-electron chi connectivity index (χ4n) is 1.26. The molecule has 0 aromatic carbocycles. The summed E-state index contributed by atoms with van der Waals surface area (Å²) in [6, 6.07) is 0. The van der Waals surface area contributed by atoms with Gasteiger partial charge in [0.05, 0.1) is 19.0 Å². The first-order valence-corrected chi connectivity index (χ1v) is 3.96. The lowest BCUT2D eigenvalue weighted by Crippen LogP contribution is -2.13. The van der Waals surface area contributed by atoms with Gasteiger partial charge in [0.1, 0.15) is 0 Å². The predicted molar refractivity (Wildman–Crippen MR) is 47.2 cm³/mol. The van der Waals surface area contributed by atoms with Gasteiger partial charge in [-0.15, -0.1) is 0 Å². The van der Waals surface area contributed by atoms with Crippen molar-refractivity contribution in [2.45, 2.75) is 12.8 Å². The number of hydrogen-bond donors (Lipinski definition) is 1. The van der Waals surface area contributed by atoms with Crippen LogP contribution in [-0.4, -0.2) is 23.4 Å². The molecule has 0 radical (unpaired) electrons. The largest absolute Gasteiger partial charge is 0.493 e. The van der Waals surface area contributed by atoms with E-state index >= 15 is 0 Å². The van der Waals surface area contributed by atoms with Crippen molar-refractivity contribution in [2.75, 3.05) is 13.7 Å². The van der Waals surface area contributed by atoms with Crippen molar-refractivity contribution in [1.82, 2.24) is 9.78 Å². The van der Waals surface area contributed by atoms with Gasteiger partial charge in [0.15, 0.2) is 5.75 Å². The third-order valence-electron chi connectivity index (χ3n) is 1.99. The highest BCUT2D eigenvalue weighted by Crippen LogP contribution is 2.24. The Morgan fingerprint density at radius 3 is 2.92 bits per heavy atom. The lowest BCUT2D eigenvalue weighted by molar-refractivity contribution is 0.404. The van der Waals surface area contributed by atoms with Crippen LogP contribution < -0.4 is 10.5 Å². The van der Waals surface area contributed by atoms with Gasteiger partial charge in [-0.3, -0.25) is 4.68 Å². The summed E-state index contributed by atoms with van der Waals surface area (Å²) in [5.74, 6) is 1.10. The summed E-state index contributed by atoms with van der Waals surface area (Å²) < 4.78 is 6.95. The molecule has 2 N–H and O–H groups in total. The van der Waals surface area contributed by atoms with E-state index in [0.717, 1.165) is 11.4 Å². The number of rotatable bonds is 3. The van der Waals surface area contributed by atoms with Crippen LogP contribution in [0.4, 0.5) is 0 Å². The highest BCUT2D eigenvalue weighted by atomic mass is 16.5. The second-order valence-corrected chi connectivity index (χ2v) is 2.86. The molecule has 4 nitrogen and oxygen atoms in total. The molecule has 0 aliphatic rings. The maximum Gasteiger partial charge on any atom is 0.160 e. The first-order valence-electron chi connectivity index (χ1n) is 3.96. The molecule has 0 aliphatic heterocycles. The zero-order valence-electron chi connectivity index (χ0n) is 7.74. The van der Waals surface area contributed by atoms with E-state index in [2.05, 4.69) is 12.0 Å². The summed E-state index contributed by atoms with van der Waals surface area (Å²) >= 11 is 0. The van der Waals surface area contributed by atoms with Crippen LogP contribution >= 0.6 is 0 Å². The molecule has 0 bridgehead atoms. The molecule has 1 unspecified atom stereocenters. The van der Waals surface area contributed by atoms with Crippen molar-refractivity contribution < 1.29 is 4.74 Å². The zero-order chi connectivity index (χ0) is 9.14. The molecule has 1 aromatic heterocycles. The van der Waals surface area contributed by atoms with Crippen molar-refractivity contribution in [3.05, 3.63) is 11.9 Å². The number of hydrogen-bond acceptors (Lipinski definition) is 3. The van der Waals surface area contributed by atoms with Crippen LogP contribution in [0.2, 0.25) is 0 Å². The molecule has 0 amide bonds. The SMILES string of the molecule is COc1cnn(C)c1C(C)CN. The normalized spacial score (nSPS) is 13.0. The molecule has 1 atom stereocenters. The Morgan fingerprint density at radius 2 is 2.42 bits per heavy atom. The summed E-state index contributed by atoms with van der Waals surface area (Å²) in [5.41, 5.74) is 6.61. The molecular weight excluding hydrogens is 154 g/mol. The van der Waals surface area contributed by atoms with E-state index in [1.165, 1.54) is 0 Å². The number of ether oxygens (including phenoxy) is 1. The summed E-state index contributed by atoms with van der Waals surface area (Å²) in [7, 11) is 3.54. The lowest BCUT2D eigenvalue weighted by Gasteiger charge is -2.10. The van der Waals surface area contributed by atoms with Gasteiger partial charge in [-0.2, -0.15) is 5.10 Å². The van der Waals surface area contributed by atoms with E-state index in [4.69, 9.17) is 10.5 Å². The zero-order valence-corrected chi connectivity index (χ0v) is 7.74. The van der Waals surface area contributed by atoms with Crippen molar-refractivity contribution in [1.29, 1.82) is 0 Å². The van der Waals surface area contributed by atoms with E-state index in [9.17, 15) is 0 Å².